The molecule has 0 saturated carbocycles. The Kier molecular flexibility index (Phi) is 5.63. The highest BCUT2D eigenvalue weighted by molar-refractivity contribution is 5.99. The highest BCUT2D eigenvalue weighted by atomic mass is 16.2. The summed E-state index contributed by atoms with van der Waals surface area (Å²) < 4.78 is 0. The van der Waals surface area contributed by atoms with E-state index in [-0.39, 0.29) is 5.91 Å². The number of hydrogen-bond acceptors (Lipinski definition) is 7. The maximum atomic E-state index is 13.1. The van der Waals surface area contributed by atoms with Crippen molar-refractivity contribution >= 4 is 28.4 Å². The molecule has 2 aliphatic heterocycles. The van der Waals surface area contributed by atoms with E-state index in [1.54, 1.807) is 12.4 Å². The van der Waals surface area contributed by atoms with Crippen molar-refractivity contribution in [3.05, 3.63) is 66.6 Å². The second kappa shape index (κ2) is 9.09. The van der Waals surface area contributed by atoms with Crippen LogP contribution in [0.4, 0.5) is 11.6 Å². The minimum atomic E-state index is 0.0625. The number of benzene rings is 1. The lowest BCUT2D eigenvalue weighted by Crippen LogP contribution is -2.64. The molecule has 2 saturated heterocycles. The summed E-state index contributed by atoms with van der Waals surface area (Å²) in [6.45, 7) is 5.96. The molecule has 178 valence electrons. The third-order valence-electron chi connectivity index (χ3n) is 6.89. The summed E-state index contributed by atoms with van der Waals surface area (Å²) in [5.41, 5.74) is 3.96. The van der Waals surface area contributed by atoms with E-state index in [1.165, 1.54) is 0 Å². The monoisotopic (exact) mass is 468 g/mol. The van der Waals surface area contributed by atoms with Gasteiger partial charge in [-0.05, 0) is 49.5 Å². The number of H-pyrrole nitrogens is 1. The first kappa shape index (κ1) is 21.7. The molecule has 0 unspecified atom stereocenters. The van der Waals surface area contributed by atoms with Crippen LogP contribution in [0.25, 0.3) is 22.3 Å². The van der Waals surface area contributed by atoms with Gasteiger partial charge in [0, 0.05) is 74.3 Å². The Bertz CT molecular complexity index is 1340. The molecule has 3 aromatic heterocycles. The number of nitrogens with zero attached hydrogens (tertiary/aromatic N) is 6. The third kappa shape index (κ3) is 4.48. The normalized spacial score (nSPS) is 17.5. The van der Waals surface area contributed by atoms with Crippen molar-refractivity contribution in [3.63, 3.8) is 0 Å². The maximum Gasteiger partial charge on any atom is 0.270 e. The molecule has 6 rings (SSSR count). The number of carbonyl (C=O) groups excluding carboxylic acids is 1. The lowest BCUT2D eigenvalue weighted by atomic mass is 10.1. The van der Waals surface area contributed by atoms with Gasteiger partial charge < -0.3 is 20.1 Å². The highest BCUT2D eigenvalue weighted by Gasteiger charge is 2.36. The van der Waals surface area contributed by atoms with Crippen LogP contribution in [0.1, 0.15) is 10.5 Å². The number of anilines is 2. The number of carbonyl (C=O) groups is 1. The molecular formula is C26H28N8O. The van der Waals surface area contributed by atoms with Crippen LogP contribution in [0.5, 0.6) is 0 Å². The molecule has 1 aromatic carbocycles. The van der Waals surface area contributed by atoms with Gasteiger partial charge in [-0.25, -0.2) is 9.97 Å². The van der Waals surface area contributed by atoms with E-state index in [2.05, 4.69) is 42.1 Å². The van der Waals surface area contributed by atoms with Gasteiger partial charge in [0.2, 0.25) is 5.95 Å². The van der Waals surface area contributed by atoms with Gasteiger partial charge >= 0.3 is 0 Å². The van der Waals surface area contributed by atoms with E-state index in [4.69, 9.17) is 0 Å². The third-order valence-corrected chi connectivity index (χ3v) is 6.89. The summed E-state index contributed by atoms with van der Waals surface area (Å²) in [6, 6.07) is 15.9. The average Bonchev–Trinajstić information content (AvgIpc) is 3.29. The molecule has 0 spiro atoms. The van der Waals surface area contributed by atoms with Crippen molar-refractivity contribution in [2.45, 2.75) is 6.04 Å². The van der Waals surface area contributed by atoms with E-state index >= 15 is 0 Å². The molecule has 0 radical (unpaired) electrons. The van der Waals surface area contributed by atoms with E-state index in [0.29, 0.717) is 17.7 Å². The molecule has 9 heteroatoms. The predicted molar refractivity (Wildman–Crippen MR) is 136 cm³/mol. The number of likely N-dealkylation sites (tertiary alicyclic amines) is 1. The Morgan fingerprint density at radius 3 is 2.63 bits per heavy atom. The van der Waals surface area contributed by atoms with Crippen molar-refractivity contribution in [2.24, 2.45) is 0 Å². The van der Waals surface area contributed by atoms with Crippen LogP contribution in [0.3, 0.4) is 0 Å². The second-order valence-corrected chi connectivity index (χ2v) is 9.29. The topological polar surface area (TPSA) is 93.3 Å². The van der Waals surface area contributed by atoms with Crippen molar-refractivity contribution in [1.29, 1.82) is 0 Å². The van der Waals surface area contributed by atoms with Crippen LogP contribution in [0, 0.1) is 0 Å². The summed E-state index contributed by atoms with van der Waals surface area (Å²) in [5.74, 6) is 0.558. The summed E-state index contributed by atoms with van der Waals surface area (Å²) in [6.07, 6.45) is 3.46. The minimum absolute atomic E-state index is 0.0625. The smallest absolute Gasteiger partial charge is 0.270 e. The average molecular weight is 469 g/mol. The van der Waals surface area contributed by atoms with Gasteiger partial charge in [0.1, 0.15) is 5.69 Å². The van der Waals surface area contributed by atoms with E-state index in [0.717, 1.165) is 67.2 Å². The van der Waals surface area contributed by atoms with Gasteiger partial charge in [-0.1, -0.05) is 6.07 Å². The maximum absolute atomic E-state index is 13.1. The summed E-state index contributed by atoms with van der Waals surface area (Å²) in [4.78, 5) is 36.4. The largest absolute Gasteiger partial charge is 0.351 e. The number of pyridine rings is 1. The number of rotatable bonds is 5. The summed E-state index contributed by atoms with van der Waals surface area (Å²) >= 11 is 0. The summed E-state index contributed by atoms with van der Waals surface area (Å²) in [7, 11) is 2.16. The number of aromatic amines is 1. The van der Waals surface area contributed by atoms with Gasteiger partial charge in [0.15, 0.2) is 0 Å². The molecule has 4 aromatic rings. The molecule has 0 atom stereocenters. The van der Waals surface area contributed by atoms with Crippen LogP contribution in [0.2, 0.25) is 0 Å². The van der Waals surface area contributed by atoms with E-state index in [1.807, 2.05) is 53.4 Å². The zero-order valence-corrected chi connectivity index (χ0v) is 19.7. The van der Waals surface area contributed by atoms with Crippen LogP contribution in [0.15, 0.2) is 60.9 Å². The molecule has 0 aliphatic carbocycles. The first-order valence-electron chi connectivity index (χ1n) is 12.0. The molecule has 0 bridgehead atoms. The molecule has 2 N–H and O–H groups in total. The quantitative estimate of drug-likeness (QED) is 0.465. The van der Waals surface area contributed by atoms with Gasteiger partial charge in [-0.15, -0.1) is 0 Å². The van der Waals surface area contributed by atoms with Crippen molar-refractivity contribution in [3.8, 4) is 11.4 Å². The van der Waals surface area contributed by atoms with Crippen LogP contribution in [-0.4, -0.2) is 92.9 Å². The van der Waals surface area contributed by atoms with Crippen LogP contribution >= 0.6 is 0 Å². The van der Waals surface area contributed by atoms with Crippen molar-refractivity contribution < 1.29 is 4.79 Å². The lowest BCUT2D eigenvalue weighted by molar-refractivity contribution is 0.0107. The molecule has 1 amide bonds. The number of nitrogens with one attached hydrogen (secondary N) is 2. The minimum Gasteiger partial charge on any atom is -0.351 e. The first-order chi connectivity index (χ1) is 17.1. The fraction of sp³-hybridized carbons (Fsp3) is 0.308. The highest BCUT2D eigenvalue weighted by Crippen LogP contribution is 2.25. The number of amides is 1. The first-order valence-corrected chi connectivity index (χ1v) is 12.0. The fourth-order valence-corrected chi connectivity index (χ4v) is 4.74. The number of fused-ring (bicyclic) bond motifs is 1. The number of aromatic nitrogens is 4. The van der Waals surface area contributed by atoms with Crippen molar-refractivity contribution in [1.82, 2.24) is 34.6 Å². The molecule has 35 heavy (non-hydrogen) atoms. The lowest BCUT2D eigenvalue weighted by Gasteiger charge is -2.47. The molecule has 9 nitrogen and oxygen atoms in total. The number of hydrogen-bond donors (Lipinski definition) is 2. The SMILES string of the molecule is CN1CCN(C2CN(C(=O)c3cc4cc(Nc5nccc(-c6ccccn6)n5)ccc4[nH]3)C2)CC1. The Balaban J connectivity index is 1.13. The molecule has 2 fully saturated rings. The Hall–Kier alpha value is -3.82. The Morgan fingerprint density at radius 2 is 1.83 bits per heavy atom. The fourth-order valence-electron chi connectivity index (χ4n) is 4.74. The number of likely N-dealkylation sites (N-methyl/N-ethyl adjacent to an activating group) is 1. The standard InChI is InChI=1S/C26H28N8O/c1-32-10-12-33(13-11-32)20-16-34(17-20)25(35)24-15-18-14-19(5-6-21(18)30-24)29-26-28-9-7-23(31-26)22-4-2-3-8-27-22/h2-9,14-15,20,30H,10-13,16-17H2,1H3,(H,28,29,31). The van der Waals surface area contributed by atoms with Gasteiger partial charge in [0.05, 0.1) is 11.4 Å². The van der Waals surface area contributed by atoms with Crippen LogP contribution < -0.4 is 5.32 Å². The molecule has 5 heterocycles. The van der Waals surface area contributed by atoms with Crippen molar-refractivity contribution in [2.75, 3.05) is 51.6 Å². The summed E-state index contributed by atoms with van der Waals surface area (Å²) in [5, 5.41) is 4.23. The van der Waals surface area contributed by atoms with Crippen LogP contribution in [-0.2, 0) is 0 Å². The van der Waals surface area contributed by atoms with E-state index < -0.39 is 0 Å². The molecule has 2 aliphatic rings. The van der Waals surface area contributed by atoms with Gasteiger partial charge in [0.25, 0.3) is 5.91 Å². The van der Waals surface area contributed by atoms with E-state index in [9.17, 15) is 4.79 Å². The van der Waals surface area contributed by atoms with Gasteiger partial charge in [-0.3, -0.25) is 14.7 Å². The number of piperazine rings is 1. The zero-order valence-electron chi connectivity index (χ0n) is 19.7. The predicted octanol–water partition coefficient (Wildman–Crippen LogP) is 2.84. The zero-order chi connectivity index (χ0) is 23.8. The van der Waals surface area contributed by atoms with Gasteiger partial charge in [-0.2, -0.15) is 0 Å². The molecular weight excluding hydrogens is 440 g/mol. The Labute approximate surface area is 203 Å². The Morgan fingerprint density at radius 1 is 0.971 bits per heavy atom. The second-order valence-electron chi connectivity index (χ2n) is 9.29.